The highest BCUT2D eigenvalue weighted by atomic mass is 35.5. The fourth-order valence-corrected chi connectivity index (χ4v) is 2.03. The zero-order valence-corrected chi connectivity index (χ0v) is 11.1. The number of hydrogen-bond donors (Lipinski definition) is 1. The van der Waals surface area contributed by atoms with Crippen molar-refractivity contribution in [1.82, 2.24) is 4.90 Å². The van der Waals surface area contributed by atoms with Gasteiger partial charge in [0.2, 0.25) is 0 Å². The summed E-state index contributed by atoms with van der Waals surface area (Å²) in [5.41, 5.74) is -0.886. The van der Waals surface area contributed by atoms with Gasteiger partial charge >= 0.3 is 12.2 Å². The Bertz CT molecular complexity index is 502. The summed E-state index contributed by atoms with van der Waals surface area (Å²) in [6.07, 6.45) is -4.51. The van der Waals surface area contributed by atoms with Crippen molar-refractivity contribution in [2.24, 2.45) is 0 Å². The molecule has 1 saturated heterocycles. The van der Waals surface area contributed by atoms with Gasteiger partial charge in [-0.3, -0.25) is 0 Å². The fraction of sp³-hybridized carbons (Fsp3) is 0.417. The quantitative estimate of drug-likeness (QED) is 0.865. The number of urea groups is 1. The molecule has 4 nitrogen and oxygen atoms in total. The van der Waals surface area contributed by atoms with E-state index in [-0.39, 0.29) is 10.7 Å². The number of nitrogens with zero attached hydrogens (tertiary/aromatic N) is 1. The average Bonchev–Trinajstić information content (AvgIpc) is 2.38. The van der Waals surface area contributed by atoms with Gasteiger partial charge in [-0.05, 0) is 18.2 Å². The Kier molecular flexibility index (Phi) is 4.39. The van der Waals surface area contributed by atoms with Crippen LogP contribution in [0.3, 0.4) is 0 Å². The molecule has 1 aliphatic rings. The van der Waals surface area contributed by atoms with Gasteiger partial charge in [0.05, 0.1) is 18.8 Å². The first-order chi connectivity index (χ1) is 9.36. The van der Waals surface area contributed by atoms with E-state index in [4.69, 9.17) is 16.3 Å². The second kappa shape index (κ2) is 5.88. The molecule has 2 rings (SSSR count). The fourth-order valence-electron chi connectivity index (χ4n) is 1.79. The molecular formula is C12H12ClF3N2O2. The molecule has 0 spiro atoms. The molecule has 0 atom stereocenters. The summed E-state index contributed by atoms with van der Waals surface area (Å²) in [7, 11) is 0. The van der Waals surface area contributed by atoms with Crippen LogP contribution in [0.15, 0.2) is 18.2 Å². The summed E-state index contributed by atoms with van der Waals surface area (Å²) in [6, 6.07) is 2.47. The van der Waals surface area contributed by atoms with E-state index in [1.807, 2.05) is 0 Å². The number of benzene rings is 1. The van der Waals surface area contributed by atoms with Crippen LogP contribution in [0.1, 0.15) is 5.56 Å². The Balaban J connectivity index is 2.12. The molecule has 0 radical (unpaired) electrons. The minimum Gasteiger partial charge on any atom is -0.378 e. The Hall–Kier alpha value is -1.47. The van der Waals surface area contributed by atoms with Crippen molar-refractivity contribution >= 4 is 23.3 Å². The summed E-state index contributed by atoms with van der Waals surface area (Å²) < 4.78 is 43.0. The van der Waals surface area contributed by atoms with Gasteiger partial charge in [-0.25, -0.2) is 4.79 Å². The lowest BCUT2D eigenvalue weighted by molar-refractivity contribution is -0.137. The van der Waals surface area contributed by atoms with Crippen LogP contribution < -0.4 is 5.32 Å². The maximum absolute atomic E-state index is 12.6. The number of amides is 2. The van der Waals surface area contributed by atoms with Gasteiger partial charge in [0, 0.05) is 23.8 Å². The van der Waals surface area contributed by atoms with Crippen molar-refractivity contribution in [3.8, 4) is 0 Å². The van der Waals surface area contributed by atoms with Crippen LogP contribution in [0.5, 0.6) is 0 Å². The molecular weight excluding hydrogens is 297 g/mol. The van der Waals surface area contributed by atoms with E-state index >= 15 is 0 Å². The Morgan fingerprint density at radius 1 is 1.25 bits per heavy atom. The third kappa shape index (κ3) is 3.77. The molecule has 1 aromatic carbocycles. The van der Waals surface area contributed by atoms with Crippen molar-refractivity contribution in [2.45, 2.75) is 6.18 Å². The number of carbonyl (C=O) groups is 1. The molecule has 0 bridgehead atoms. The second-order valence-electron chi connectivity index (χ2n) is 4.26. The molecule has 8 heteroatoms. The number of halogens is 4. The summed E-state index contributed by atoms with van der Waals surface area (Å²) in [6.45, 7) is 1.63. The highest BCUT2D eigenvalue weighted by molar-refractivity contribution is 6.31. The average molecular weight is 309 g/mol. The zero-order chi connectivity index (χ0) is 14.8. The first-order valence-corrected chi connectivity index (χ1v) is 6.25. The lowest BCUT2D eigenvalue weighted by atomic mass is 10.2. The maximum Gasteiger partial charge on any atom is 0.416 e. The summed E-state index contributed by atoms with van der Waals surface area (Å²) in [5.74, 6) is 0. The smallest absolute Gasteiger partial charge is 0.378 e. The van der Waals surface area contributed by atoms with Crippen molar-refractivity contribution in [2.75, 3.05) is 31.6 Å². The van der Waals surface area contributed by atoms with Crippen LogP contribution in [0.2, 0.25) is 5.02 Å². The minimum atomic E-state index is -4.51. The van der Waals surface area contributed by atoms with E-state index in [0.29, 0.717) is 26.3 Å². The van der Waals surface area contributed by atoms with Crippen molar-refractivity contribution < 1.29 is 22.7 Å². The topological polar surface area (TPSA) is 41.6 Å². The molecule has 1 heterocycles. The number of carbonyl (C=O) groups excluding carboxylic acids is 1. The molecule has 0 saturated carbocycles. The van der Waals surface area contributed by atoms with E-state index in [0.717, 1.165) is 12.1 Å². The second-order valence-corrected chi connectivity index (χ2v) is 4.69. The predicted molar refractivity (Wildman–Crippen MR) is 67.9 cm³/mol. The van der Waals surface area contributed by atoms with Gasteiger partial charge in [0.1, 0.15) is 0 Å². The maximum atomic E-state index is 12.6. The summed E-state index contributed by atoms with van der Waals surface area (Å²) in [4.78, 5) is 13.3. The molecule has 2 amide bonds. The van der Waals surface area contributed by atoms with E-state index < -0.39 is 17.8 Å². The number of morpholine rings is 1. The lowest BCUT2D eigenvalue weighted by Crippen LogP contribution is -2.43. The van der Waals surface area contributed by atoms with Crippen molar-refractivity contribution in [3.63, 3.8) is 0 Å². The van der Waals surface area contributed by atoms with E-state index in [1.165, 1.54) is 11.0 Å². The number of ether oxygens (including phenoxy) is 1. The molecule has 0 unspecified atom stereocenters. The van der Waals surface area contributed by atoms with Crippen LogP contribution in [0, 0.1) is 0 Å². The van der Waals surface area contributed by atoms with Gasteiger partial charge < -0.3 is 15.0 Å². The molecule has 0 aromatic heterocycles. The SMILES string of the molecule is O=C(Nc1cc(Cl)cc(C(F)(F)F)c1)N1CCOCC1. The van der Waals surface area contributed by atoms with Crippen LogP contribution in [0.4, 0.5) is 23.7 Å². The number of anilines is 1. The molecule has 1 fully saturated rings. The highest BCUT2D eigenvalue weighted by Crippen LogP contribution is 2.33. The standard InChI is InChI=1S/C12H12ClF3N2O2/c13-9-5-8(12(14,15)16)6-10(7-9)17-11(19)18-1-3-20-4-2-18/h5-7H,1-4H2,(H,17,19). The van der Waals surface area contributed by atoms with Gasteiger partial charge in [-0.2, -0.15) is 13.2 Å². The summed E-state index contributed by atoms with van der Waals surface area (Å²) >= 11 is 5.64. The van der Waals surface area contributed by atoms with Gasteiger partial charge in [-0.1, -0.05) is 11.6 Å². The van der Waals surface area contributed by atoms with Gasteiger partial charge in [-0.15, -0.1) is 0 Å². The summed E-state index contributed by atoms with van der Waals surface area (Å²) in [5, 5.41) is 2.33. The lowest BCUT2D eigenvalue weighted by Gasteiger charge is -2.27. The van der Waals surface area contributed by atoms with E-state index in [9.17, 15) is 18.0 Å². The third-order valence-electron chi connectivity index (χ3n) is 2.77. The number of rotatable bonds is 1. The molecule has 1 aliphatic heterocycles. The Morgan fingerprint density at radius 2 is 1.90 bits per heavy atom. The Morgan fingerprint density at radius 3 is 2.50 bits per heavy atom. The van der Waals surface area contributed by atoms with Gasteiger partial charge in [0.15, 0.2) is 0 Å². The van der Waals surface area contributed by atoms with Crippen molar-refractivity contribution in [1.29, 1.82) is 0 Å². The molecule has 1 aromatic rings. The van der Waals surface area contributed by atoms with Crippen molar-refractivity contribution in [3.05, 3.63) is 28.8 Å². The first kappa shape index (κ1) is 14.9. The first-order valence-electron chi connectivity index (χ1n) is 5.88. The van der Waals surface area contributed by atoms with E-state index in [1.54, 1.807) is 0 Å². The minimum absolute atomic E-state index is 0.0151. The highest BCUT2D eigenvalue weighted by Gasteiger charge is 2.31. The van der Waals surface area contributed by atoms with Crippen LogP contribution in [-0.4, -0.2) is 37.2 Å². The van der Waals surface area contributed by atoms with Crippen LogP contribution in [-0.2, 0) is 10.9 Å². The normalized spacial score (nSPS) is 16.1. The molecule has 110 valence electrons. The largest absolute Gasteiger partial charge is 0.416 e. The monoisotopic (exact) mass is 308 g/mol. The third-order valence-corrected chi connectivity index (χ3v) is 2.99. The Labute approximate surface area is 118 Å². The van der Waals surface area contributed by atoms with E-state index in [2.05, 4.69) is 5.32 Å². The number of alkyl halides is 3. The predicted octanol–water partition coefficient (Wildman–Crippen LogP) is 3.22. The van der Waals surface area contributed by atoms with Gasteiger partial charge in [0.25, 0.3) is 0 Å². The van der Waals surface area contributed by atoms with Crippen LogP contribution >= 0.6 is 11.6 Å². The number of hydrogen-bond acceptors (Lipinski definition) is 2. The number of nitrogens with one attached hydrogen (secondary N) is 1. The van der Waals surface area contributed by atoms with Crippen LogP contribution in [0.25, 0.3) is 0 Å². The molecule has 20 heavy (non-hydrogen) atoms. The molecule has 0 aliphatic carbocycles. The molecule has 1 N–H and O–H groups in total. The zero-order valence-electron chi connectivity index (χ0n) is 10.3.